The molecule has 7 nitrogen and oxygen atoms in total. The Morgan fingerprint density at radius 2 is 1.70 bits per heavy atom. The number of para-hydroxylation sites is 2. The molecular weight excluding hydrogens is 344 g/mol. The highest BCUT2D eigenvalue weighted by Crippen LogP contribution is 2.39. The van der Waals surface area contributed by atoms with E-state index in [4.69, 9.17) is 15.2 Å². The molecule has 4 rings (SSSR count). The molecule has 0 aliphatic heterocycles. The molecule has 138 valence electrons. The molecule has 0 atom stereocenters. The van der Waals surface area contributed by atoms with Gasteiger partial charge in [-0.1, -0.05) is 12.1 Å². The van der Waals surface area contributed by atoms with Crippen molar-refractivity contribution in [3.8, 4) is 34.3 Å². The maximum atomic E-state index is 10.6. The Morgan fingerprint density at radius 3 is 2.33 bits per heavy atom. The summed E-state index contributed by atoms with van der Waals surface area (Å²) >= 11 is 0. The smallest absolute Gasteiger partial charge is 0.148 e. The first-order valence-corrected chi connectivity index (χ1v) is 8.38. The number of fused-ring (bicyclic) bond motifs is 1. The van der Waals surface area contributed by atoms with Gasteiger partial charge >= 0.3 is 0 Å². The van der Waals surface area contributed by atoms with Gasteiger partial charge in [0.15, 0.2) is 0 Å². The molecule has 3 N–H and O–H groups in total. The summed E-state index contributed by atoms with van der Waals surface area (Å²) in [5.41, 5.74) is 9.40. The van der Waals surface area contributed by atoms with Crippen molar-refractivity contribution in [1.82, 2.24) is 14.1 Å². The fourth-order valence-corrected chi connectivity index (χ4v) is 3.25. The Morgan fingerprint density at radius 1 is 1.04 bits per heavy atom. The number of methoxy groups -OCH3 is 2. The van der Waals surface area contributed by atoms with Crippen LogP contribution in [0.5, 0.6) is 17.2 Å². The maximum Gasteiger partial charge on any atom is 0.148 e. The van der Waals surface area contributed by atoms with Crippen molar-refractivity contribution in [2.75, 3.05) is 20.0 Å². The van der Waals surface area contributed by atoms with E-state index in [-0.39, 0.29) is 5.75 Å². The van der Waals surface area contributed by atoms with Gasteiger partial charge in [0.05, 0.1) is 37.1 Å². The standard InChI is InChI=1S/C20H20N4O3/c1-23-16-7-5-4-6-15(16)22-20(23)18-17(25)11-24(19(18)21)12-8-13(26-2)10-14(9-12)27-3/h4-11,25H,21H2,1-3H3. The molecule has 2 aromatic heterocycles. The molecule has 0 bridgehead atoms. The quantitative estimate of drug-likeness (QED) is 0.580. The Kier molecular flexibility index (Phi) is 3.92. The highest BCUT2D eigenvalue weighted by molar-refractivity contribution is 5.86. The van der Waals surface area contributed by atoms with E-state index < -0.39 is 0 Å². The van der Waals surface area contributed by atoms with Crippen molar-refractivity contribution in [3.63, 3.8) is 0 Å². The Labute approximate surface area is 156 Å². The van der Waals surface area contributed by atoms with Gasteiger partial charge in [-0.2, -0.15) is 0 Å². The van der Waals surface area contributed by atoms with Crippen LogP contribution in [-0.4, -0.2) is 33.4 Å². The Hall–Kier alpha value is -3.61. The minimum absolute atomic E-state index is 0.0488. The van der Waals surface area contributed by atoms with Crippen molar-refractivity contribution < 1.29 is 14.6 Å². The van der Waals surface area contributed by atoms with Crippen LogP contribution in [-0.2, 0) is 7.05 Å². The zero-order valence-electron chi connectivity index (χ0n) is 15.3. The summed E-state index contributed by atoms with van der Waals surface area (Å²) < 4.78 is 14.3. The average molecular weight is 364 g/mol. The van der Waals surface area contributed by atoms with E-state index in [2.05, 4.69) is 4.98 Å². The normalized spacial score (nSPS) is 11.1. The molecular formula is C20H20N4O3. The molecule has 2 aromatic carbocycles. The molecule has 0 unspecified atom stereocenters. The summed E-state index contributed by atoms with van der Waals surface area (Å²) in [5.74, 6) is 2.27. The number of rotatable bonds is 4. The maximum absolute atomic E-state index is 10.6. The highest BCUT2D eigenvalue weighted by Gasteiger charge is 2.21. The van der Waals surface area contributed by atoms with Gasteiger partial charge in [0.1, 0.15) is 34.5 Å². The lowest BCUT2D eigenvalue weighted by molar-refractivity contribution is 0.394. The topological polar surface area (TPSA) is 87.5 Å². The Bertz CT molecular complexity index is 1120. The van der Waals surface area contributed by atoms with Crippen LogP contribution in [0.1, 0.15) is 0 Å². The monoisotopic (exact) mass is 364 g/mol. The average Bonchev–Trinajstić information content (AvgIpc) is 3.17. The summed E-state index contributed by atoms with van der Waals surface area (Å²) in [6, 6.07) is 13.2. The molecule has 0 radical (unpaired) electrons. The summed E-state index contributed by atoms with van der Waals surface area (Å²) in [6.45, 7) is 0. The van der Waals surface area contributed by atoms with Crippen LogP contribution in [0.4, 0.5) is 5.82 Å². The van der Waals surface area contributed by atoms with Crippen LogP contribution in [0, 0.1) is 0 Å². The van der Waals surface area contributed by atoms with Gasteiger partial charge in [-0.15, -0.1) is 0 Å². The minimum atomic E-state index is 0.0488. The number of ether oxygens (including phenoxy) is 2. The van der Waals surface area contributed by atoms with Gasteiger partial charge in [-0.3, -0.25) is 4.57 Å². The molecule has 0 saturated carbocycles. The third kappa shape index (κ3) is 2.64. The number of benzene rings is 2. The first-order valence-electron chi connectivity index (χ1n) is 8.38. The van der Waals surface area contributed by atoms with Crippen molar-refractivity contribution in [2.24, 2.45) is 7.05 Å². The molecule has 7 heteroatoms. The number of anilines is 1. The summed E-state index contributed by atoms with van der Waals surface area (Å²) in [7, 11) is 5.06. The molecule has 2 heterocycles. The largest absolute Gasteiger partial charge is 0.505 e. The number of aryl methyl sites for hydroxylation is 1. The number of nitrogens with two attached hydrogens (primary N) is 1. The second-order valence-corrected chi connectivity index (χ2v) is 6.20. The van der Waals surface area contributed by atoms with E-state index in [1.165, 1.54) is 0 Å². The number of nitrogens with zero attached hydrogens (tertiary/aromatic N) is 3. The zero-order valence-corrected chi connectivity index (χ0v) is 15.3. The lowest BCUT2D eigenvalue weighted by atomic mass is 10.2. The third-order valence-corrected chi connectivity index (χ3v) is 4.65. The van der Waals surface area contributed by atoms with Gasteiger partial charge in [-0.05, 0) is 12.1 Å². The summed E-state index contributed by atoms with van der Waals surface area (Å²) in [4.78, 5) is 4.64. The van der Waals surface area contributed by atoms with Crippen molar-refractivity contribution in [3.05, 3.63) is 48.7 Å². The van der Waals surface area contributed by atoms with E-state index in [9.17, 15) is 5.11 Å². The van der Waals surface area contributed by atoms with Gasteiger partial charge in [0, 0.05) is 25.2 Å². The summed E-state index contributed by atoms with van der Waals surface area (Å²) in [5, 5.41) is 10.6. The van der Waals surface area contributed by atoms with Crippen molar-refractivity contribution in [2.45, 2.75) is 0 Å². The number of aromatic hydroxyl groups is 1. The first kappa shape index (κ1) is 16.8. The summed E-state index contributed by atoms with van der Waals surface area (Å²) in [6.07, 6.45) is 1.57. The fourth-order valence-electron chi connectivity index (χ4n) is 3.25. The predicted octanol–water partition coefficient (Wildman–Crippen LogP) is 3.34. The van der Waals surface area contributed by atoms with Crippen LogP contribution < -0.4 is 15.2 Å². The molecule has 0 saturated heterocycles. The van der Waals surface area contributed by atoms with Crippen molar-refractivity contribution in [1.29, 1.82) is 0 Å². The van der Waals surface area contributed by atoms with Crippen LogP contribution in [0.15, 0.2) is 48.7 Å². The number of hydrogen-bond acceptors (Lipinski definition) is 5. The molecule has 0 amide bonds. The van der Waals surface area contributed by atoms with E-state index >= 15 is 0 Å². The van der Waals surface area contributed by atoms with Gasteiger partial charge in [0.25, 0.3) is 0 Å². The van der Waals surface area contributed by atoms with Crippen LogP contribution >= 0.6 is 0 Å². The van der Waals surface area contributed by atoms with Crippen LogP contribution in [0.3, 0.4) is 0 Å². The van der Waals surface area contributed by atoms with Gasteiger partial charge in [-0.25, -0.2) is 4.98 Å². The molecule has 0 aliphatic rings. The van der Waals surface area contributed by atoms with Crippen LogP contribution in [0.2, 0.25) is 0 Å². The lowest BCUT2D eigenvalue weighted by Crippen LogP contribution is -2.02. The van der Waals surface area contributed by atoms with Crippen LogP contribution in [0.25, 0.3) is 28.1 Å². The van der Waals surface area contributed by atoms with Crippen molar-refractivity contribution >= 4 is 16.9 Å². The first-order chi connectivity index (χ1) is 13.0. The molecule has 4 aromatic rings. The number of hydrogen-bond donors (Lipinski definition) is 2. The third-order valence-electron chi connectivity index (χ3n) is 4.65. The number of imidazole rings is 1. The second kappa shape index (κ2) is 6.28. The highest BCUT2D eigenvalue weighted by atomic mass is 16.5. The van der Waals surface area contributed by atoms with E-state index in [1.807, 2.05) is 48.0 Å². The number of nitrogen functional groups attached to an aromatic ring is 1. The number of aromatic nitrogens is 3. The SMILES string of the molecule is COc1cc(OC)cc(-n2cc(O)c(-c3nc4ccccc4n3C)c2N)c1. The molecule has 0 aliphatic carbocycles. The molecule has 0 spiro atoms. The van der Waals surface area contributed by atoms with E-state index in [0.717, 1.165) is 11.0 Å². The lowest BCUT2D eigenvalue weighted by Gasteiger charge is -2.11. The molecule has 27 heavy (non-hydrogen) atoms. The predicted molar refractivity (Wildman–Crippen MR) is 105 cm³/mol. The zero-order chi connectivity index (χ0) is 19.1. The fraction of sp³-hybridized carbons (Fsp3) is 0.150. The van der Waals surface area contributed by atoms with Gasteiger partial charge < -0.3 is 24.9 Å². The molecule has 0 fully saturated rings. The Balaban J connectivity index is 1.91. The van der Waals surface area contributed by atoms with Gasteiger partial charge in [0.2, 0.25) is 0 Å². The second-order valence-electron chi connectivity index (χ2n) is 6.20. The minimum Gasteiger partial charge on any atom is -0.505 e. The van der Waals surface area contributed by atoms with E-state index in [1.54, 1.807) is 31.0 Å². The van der Waals surface area contributed by atoms with E-state index in [0.29, 0.717) is 34.4 Å².